The van der Waals surface area contributed by atoms with Crippen molar-refractivity contribution < 1.29 is 0 Å². The summed E-state index contributed by atoms with van der Waals surface area (Å²) in [6.07, 6.45) is 2.19. The Morgan fingerprint density at radius 2 is 2.11 bits per heavy atom. The Morgan fingerprint density at radius 3 is 2.67 bits per heavy atom. The first-order valence-electron chi connectivity index (χ1n) is 6.98. The van der Waals surface area contributed by atoms with Crippen LogP contribution in [0.3, 0.4) is 0 Å². The molecule has 0 spiro atoms. The highest BCUT2D eigenvalue weighted by Crippen LogP contribution is 2.14. The maximum atomic E-state index is 4.70. The molecule has 1 aromatic rings. The quantitative estimate of drug-likeness (QED) is 0.771. The Kier molecular flexibility index (Phi) is 6.19. The van der Waals surface area contributed by atoms with Crippen LogP contribution in [0, 0.1) is 5.92 Å². The molecular weight excluding hydrogens is 224 g/mol. The molecular formula is C14H28N4. The zero-order chi connectivity index (χ0) is 13.5. The van der Waals surface area contributed by atoms with E-state index in [9.17, 15) is 0 Å². The van der Waals surface area contributed by atoms with Gasteiger partial charge in [-0.3, -0.25) is 0 Å². The number of aromatic nitrogens is 2. The lowest BCUT2D eigenvalue weighted by Gasteiger charge is -2.12. The molecule has 0 saturated carbocycles. The van der Waals surface area contributed by atoms with Crippen LogP contribution in [-0.2, 0) is 13.0 Å². The summed E-state index contributed by atoms with van der Waals surface area (Å²) < 4.78 is 2.10. The van der Waals surface area contributed by atoms with Crippen molar-refractivity contribution in [2.24, 2.45) is 5.92 Å². The van der Waals surface area contributed by atoms with Gasteiger partial charge in [-0.2, -0.15) is 5.10 Å². The van der Waals surface area contributed by atoms with E-state index in [1.54, 1.807) is 0 Å². The molecule has 0 saturated heterocycles. The van der Waals surface area contributed by atoms with Gasteiger partial charge < -0.3 is 10.2 Å². The van der Waals surface area contributed by atoms with E-state index in [0.717, 1.165) is 38.3 Å². The number of anilines is 1. The number of nitrogens with zero attached hydrogens (tertiary/aromatic N) is 3. The van der Waals surface area contributed by atoms with E-state index < -0.39 is 0 Å². The van der Waals surface area contributed by atoms with Gasteiger partial charge in [0, 0.05) is 19.2 Å². The van der Waals surface area contributed by atoms with Crippen molar-refractivity contribution in [1.82, 2.24) is 14.7 Å². The summed E-state index contributed by atoms with van der Waals surface area (Å²) in [6.45, 7) is 9.62. The van der Waals surface area contributed by atoms with Crippen LogP contribution in [0.1, 0.15) is 32.9 Å². The largest absolute Gasteiger partial charge is 0.370 e. The van der Waals surface area contributed by atoms with Crippen LogP contribution >= 0.6 is 0 Å². The number of hydrogen-bond donors (Lipinski definition) is 1. The van der Waals surface area contributed by atoms with Gasteiger partial charge in [0.15, 0.2) is 0 Å². The topological polar surface area (TPSA) is 33.1 Å². The molecule has 0 fully saturated rings. The van der Waals surface area contributed by atoms with Crippen LogP contribution in [0.2, 0.25) is 0 Å². The number of rotatable bonds is 8. The van der Waals surface area contributed by atoms with Crippen molar-refractivity contribution in [2.75, 3.05) is 32.5 Å². The lowest BCUT2D eigenvalue weighted by Crippen LogP contribution is -2.20. The highest BCUT2D eigenvalue weighted by atomic mass is 15.3. The molecule has 0 unspecified atom stereocenters. The number of hydrogen-bond acceptors (Lipinski definition) is 3. The Hall–Kier alpha value is -1.03. The first-order valence-corrected chi connectivity index (χ1v) is 6.98. The average molecular weight is 252 g/mol. The van der Waals surface area contributed by atoms with Crippen LogP contribution in [0.4, 0.5) is 5.82 Å². The van der Waals surface area contributed by atoms with Crippen molar-refractivity contribution in [2.45, 2.75) is 40.2 Å². The van der Waals surface area contributed by atoms with Gasteiger partial charge in [0.2, 0.25) is 0 Å². The van der Waals surface area contributed by atoms with Crippen molar-refractivity contribution in [3.8, 4) is 0 Å². The minimum atomic E-state index is 0.654. The first-order chi connectivity index (χ1) is 8.52. The molecule has 0 aliphatic carbocycles. The average Bonchev–Trinajstić information content (AvgIpc) is 2.65. The highest BCUT2D eigenvalue weighted by molar-refractivity contribution is 5.37. The molecule has 1 rings (SSSR count). The molecule has 0 amide bonds. The summed E-state index contributed by atoms with van der Waals surface area (Å²) in [7, 11) is 4.19. The van der Waals surface area contributed by atoms with E-state index in [2.05, 4.69) is 55.8 Å². The second kappa shape index (κ2) is 7.41. The molecule has 0 aliphatic rings. The maximum absolute atomic E-state index is 4.70. The van der Waals surface area contributed by atoms with Gasteiger partial charge in [0.05, 0.1) is 12.2 Å². The van der Waals surface area contributed by atoms with E-state index in [-0.39, 0.29) is 0 Å². The molecule has 18 heavy (non-hydrogen) atoms. The highest BCUT2D eigenvalue weighted by Gasteiger charge is 2.09. The molecule has 0 atom stereocenters. The van der Waals surface area contributed by atoms with Gasteiger partial charge in [0.1, 0.15) is 5.82 Å². The van der Waals surface area contributed by atoms with Crippen LogP contribution < -0.4 is 5.32 Å². The van der Waals surface area contributed by atoms with E-state index in [4.69, 9.17) is 5.10 Å². The lowest BCUT2D eigenvalue weighted by molar-refractivity contribution is 0.373. The Bertz CT molecular complexity index is 342. The summed E-state index contributed by atoms with van der Waals surface area (Å²) >= 11 is 0. The second-order valence-electron chi connectivity index (χ2n) is 5.57. The summed E-state index contributed by atoms with van der Waals surface area (Å²) in [4.78, 5) is 2.19. The van der Waals surface area contributed by atoms with Crippen molar-refractivity contribution in [3.63, 3.8) is 0 Å². The Morgan fingerprint density at radius 1 is 1.39 bits per heavy atom. The minimum Gasteiger partial charge on any atom is -0.370 e. The summed E-state index contributed by atoms with van der Waals surface area (Å²) in [5.74, 6) is 1.82. The summed E-state index contributed by atoms with van der Waals surface area (Å²) in [5.41, 5.74) is 1.20. The van der Waals surface area contributed by atoms with E-state index in [1.807, 2.05) is 0 Å². The predicted octanol–water partition coefficient (Wildman–Crippen LogP) is 2.47. The molecule has 104 valence electrons. The fraction of sp³-hybridized carbons (Fsp3) is 0.786. The van der Waals surface area contributed by atoms with E-state index >= 15 is 0 Å². The summed E-state index contributed by atoms with van der Waals surface area (Å²) in [6, 6.07) is 2.20. The monoisotopic (exact) mass is 252 g/mol. The van der Waals surface area contributed by atoms with Crippen molar-refractivity contribution in [3.05, 3.63) is 11.8 Å². The maximum Gasteiger partial charge on any atom is 0.124 e. The van der Waals surface area contributed by atoms with Gasteiger partial charge in [-0.05, 0) is 32.9 Å². The van der Waals surface area contributed by atoms with Gasteiger partial charge in [-0.1, -0.05) is 20.8 Å². The SMILES string of the molecule is CCCNc1cc(CC(C)C)nn1CCN(C)C. The molecule has 0 aliphatic heterocycles. The van der Waals surface area contributed by atoms with Gasteiger partial charge in [0.25, 0.3) is 0 Å². The van der Waals surface area contributed by atoms with Crippen LogP contribution in [-0.4, -0.2) is 41.9 Å². The van der Waals surface area contributed by atoms with Crippen molar-refractivity contribution in [1.29, 1.82) is 0 Å². The smallest absolute Gasteiger partial charge is 0.124 e. The van der Waals surface area contributed by atoms with Gasteiger partial charge in [-0.25, -0.2) is 4.68 Å². The second-order valence-corrected chi connectivity index (χ2v) is 5.57. The zero-order valence-corrected chi connectivity index (χ0v) is 12.5. The fourth-order valence-corrected chi connectivity index (χ4v) is 1.85. The van der Waals surface area contributed by atoms with E-state index in [1.165, 1.54) is 5.69 Å². The molecule has 1 aromatic heterocycles. The van der Waals surface area contributed by atoms with E-state index in [0.29, 0.717) is 5.92 Å². The number of nitrogens with one attached hydrogen (secondary N) is 1. The van der Waals surface area contributed by atoms with Crippen molar-refractivity contribution >= 4 is 5.82 Å². The molecule has 4 nitrogen and oxygen atoms in total. The third-order valence-corrected chi connectivity index (χ3v) is 2.76. The van der Waals surface area contributed by atoms with Gasteiger partial charge >= 0.3 is 0 Å². The van der Waals surface area contributed by atoms with Crippen LogP contribution in [0.25, 0.3) is 0 Å². The standard InChI is InChI=1S/C14H28N4/c1-6-7-15-14-11-13(10-12(2)3)16-18(14)9-8-17(4)5/h11-12,15H,6-10H2,1-5H3. The normalized spacial score (nSPS) is 11.5. The molecule has 0 aromatic carbocycles. The zero-order valence-electron chi connectivity index (χ0n) is 12.5. The first kappa shape index (κ1) is 15.0. The Balaban J connectivity index is 2.72. The van der Waals surface area contributed by atoms with Gasteiger partial charge in [-0.15, -0.1) is 0 Å². The minimum absolute atomic E-state index is 0.654. The number of likely N-dealkylation sites (N-methyl/N-ethyl adjacent to an activating group) is 1. The van der Waals surface area contributed by atoms with Crippen LogP contribution in [0.15, 0.2) is 6.07 Å². The summed E-state index contributed by atoms with van der Waals surface area (Å²) in [5, 5.41) is 8.16. The molecule has 1 heterocycles. The third kappa shape index (κ3) is 5.08. The molecule has 0 radical (unpaired) electrons. The fourth-order valence-electron chi connectivity index (χ4n) is 1.85. The Labute approximate surface area is 111 Å². The molecule has 0 bridgehead atoms. The molecule has 4 heteroatoms. The molecule has 1 N–H and O–H groups in total. The lowest BCUT2D eigenvalue weighted by atomic mass is 10.1. The predicted molar refractivity (Wildman–Crippen MR) is 78.1 cm³/mol. The third-order valence-electron chi connectivity index (χ3n) is 2.76. The van der Waals surface area contributed by atoms with Crippen LogP contribution in [0.5, 0.6) is 0 Å².